The summed E-state index contributed by atoms with van der Waals surface area (Å²) in [5, 5.41) is 3.71. The Balaban J connectivity index is 1.89. The molecule has 0 saturated heterocycles. The number of amides is 1. The van der Waals surface area contributed by atoms with E-state index in [1.165, 1.54) is 17.3 Å². The number of hydrogen-bond donors (Lipinski definition) is 1. The number of rotatable bonds is 7. The highest BCUT2D eigenvalue weighted by atomic mass is 32.2. The van der Waals surface area contributed by atoms with Crippen molar-refractivity contribution in [1.82, 2.24) is 15.3 Å². The number of hydrogen-bond acceptors (Lipinski definition) is 4. The number of nitrogens with zero attached hydrogens (tertiary/aromatic N) is 2. The Morgan fingerprint density at radius 3 is 2.15 bits per heavy atom. The van der Waals surface area contributed by atoms with Crippen LogP contribution < -0.4 is 5.32 Å². The molecule has 2 aromatic rings. The molecule has 0 fully saturated rings. The van der Waals surface area contributed by atoms with E-state index >= 15 is 0 Å². The summed E-state index contributed by atoms with van der Waals surface area (Å²) in [5.74, 6) is 0.956. The molecule has 1 heterocycles. The highest BCUT2D eigenvalue weighted by molar-refractivity contribution is 7.99. The quantitative estimate of drug-likeness (QED) is 0.572. The summed E-state index contributed by atoms with van der Waals surface area (Å²) in [7, 11) is 0. The van der Waals surface area contributed by atoms with Gasteiger partial charge in [0.05, 0.1) is 11.8 Å². The molecule has 0 saturated carbocycles. The van der Waals surface area contributed by atoms with Gasteiger partial charge in [-0.15, -0.1) is 0 Å². The average Bonchev–Trinajstić information content (AvgIpc) is 2.57. The highest BCUT2D eigenvalue weighted by Crippen LogP contribution is 2.18. The molecule has 4 nitrogen and oxygen atoms in total. The van der Waals surface area contributed by atoms with Gasteiger partial charge in [0.1, 0.15) is 0 Å². The molecule has 0 radical (unpaired) electrons. The minimum Gasteiger partial charge on any atom is -0.349 e. The minimum absolute atomic E-state index is 0.00626. The van der Waals surface area contributed by atoms with Crippen LogP contribution in [0.15, 0.2) is 29.4 Å². The van der Waals surface area contributed by atoms with Gasteiger partial charge in [-0.05, 0) is 56.7 Å². The van der Waals surface area contributed by atoms with Gasteiger partial charge in [-0.2, -0.15) is 0 Å². The molecular formula is C21H29N3OS. The van der Waals surface area contributed by atoms with Gasteiger partial charge in [0.25, 0.3) is 0 Å². The standard InChI is InChI=1S/C21H29N3OS/c1-13(2)11-18-7-9-19(10-8-18)17(6)22-20(25)12-26-21-23-15(4)14(3)16(5)24-21/h7-10,13,17H,11-12H2,1-6H3,(H,22,25)/t17-/m1/s1. The Kier molecular flexibility index (Phi) is 7.21. The molecule has 26 heavy (non-hydrogen) atoms. The van der Waals surface area contributed by atoms with Crippen LogP contribution in [0.3, 0.4) is 0 Å². The lowest BCUT2D eigenvalue weighted by molar-refractivity contribution is -0.119. The molecule has 2 rings (SSSR count). The van der Waals surface area contributed by atoms with Crippen molar-refractivity contribution in [2.45, 2.75) is 59.2 Å². The van der Waals surface area contributed by atoms with Crippen LogP contribution in [0.5, 0.6) is 0 Å². The van der Waals surface area contributed by atoms with Crippen molar-refractivity contribution in [2.75, 3.05) is 5.75 Å². The maximum Gasteiger partial charge on any atom is 0.230 e. The van der Waals surface area contributed by atoms with Crippen LogP contribution in [0.4, 0.5) is 0 Å². The predicted octanol–water partition coefficient (Wildman–Crippen LogP) is 4.57. The van der Waals surface area contributed by atoms with Gasteiger partial charge in [-0.3, -0.25) is 4.79 Å². The predicted molar refractivity (Wildman–Crippen MR) is 109 cm³/mol. The highest BCUT2D eigenvalue weighted by Gasteiger charge is 2.12. The third kappa shape index (κ3) is 5.84. The van der Waals surface area contributed by atoms with Crippen LogP contribution in [-0.4, -0.2) is 21.6 Å². The number of nitrogens with one attached hydrogen (secondary N) is 1. The summed E-state index contributed by atoms with van der Waals surface area (Å²) in [6.45, 7) is 12.4. The topological polar surface area (TPSA) is 54.9 Å². The Hall–Kier alpha value is -1.88. The molecule has 0 aliphatic heterocycles. The summed E-state index contributed by atoms with van der Waals surface area (Å²) in [4.78, 5) is 21.2. The first kappa shape index (κ1) is 20.4. The summed E-state index contributed by atoms with van der Waals surface area (Å²) >= 11 is 1.38. The van der Waals surface area contributed by atoms with Crippen molar-refractivity contribution in [3.8, 4) is 0 Å². The van der Waals surface area contributed by atoms with E-state index in [4.69, 9.17) is 0 Å². The molecule has 1 N–H and O–H groups in total. The van der Waals surface area contributed by atoms with Crippen molar-refractivity contribution in [3.05, 3.63) is 52.3 Å². The number of thioether (sulfide) groups is 1. The van der Waals surface area contributed by atoms with Gasteiger partial charge in [0.15, 0.2) is 5.16 Å². The van der Waals surface area contributed by atoms with E-state index in [2.05, 4.69) is 53.4 Å². The van der Waals surface area contributed by atoms with Crippen LogP contribution in [-0.2, 0) is 11.2 Å². The molecule has 1 aromatic heterocycles. The van der Waals surface area contributed by atoms with Gasteiger partial charge < -0.3 is 5.32 Å². The number of benzene rings is 1. The van der Waals surface area contributed by atoms with Crippen LogP contribution in [0.2, 0.25) is 0 Å². The Bertz CT molecular complexity index is 733. The lowest BCUT2D eigenvalue weighted by atomic mass is 10.00. The van der Waals surface area contributed by atoms with Crippen molar-refractivity contribution in [1.29, 1.82) is 0 Å². The van der Waals surface area contributed by atoms with Crippen molar-refractivity contribution in [3.63, 3.8) is 0 Å². The van der Waals surface area contributed by atoms with Gasteiger partial charge in [-0.25, -0.2) is 9.97 Å². The number of carbonyl (C=O) groups is 1. The number of aryl methyl sites for hydroxylation is 2. The third-order valence-corrected chi connectivity index (χ3v) is 5.29. The summed E-state index contributed by atoms with van der Waals surface area (Å²) < 4.78 is 0. The fourth-order valence-electron chi connectivity index (χ4n) is 2.72. The largest absolute Gasteiger partial charge is 0.349 e. The van der Waals surface area contributed by atoms with E-state index in [1.807, 2.05) is 27.7 Å². The number of aromatic nitrogens is 2. The Morgan fingerprint density at radius 2 is 1.62 bits per heavy atom. The van der Waals surface area contributed by atoms with Crippen molar-refractivity contribution in [2.24, 2.45) is 5.92 Å². The molecular weight excluding hydrogens is 342 g/mol. The fraction of sp³-hybridized carbons (Fsp3) is 0.476. The Labute approximate surface area is 161 Å². The van der Waals surface area contributed by atoms with Gasteiger partial charge >= 0.3 is 0 Å². The first-order chi connectivity index (χ1) is 12.3. The van der Waals surface area contributed by atoms with Crippen molar-refractivity contribution < 1.29 is 4.79 Å². The molecule has 140 valence electrons. The van der Waals surface area contributed by atoms with Crippen LogP contribution >= 0.6 is 11.8 Å². The first-order valence-corrected chi connectivity index (χ1v) is 10.1. The first-order valence-electron chi connectivity index (χ1n) is 9.09. The average molecular weight is 372 g/mol. The SMILES string of the molecule is Cc1nc(SCC(=O)N[C@H](C)c2ccc(CC(C)C)cc2)nc(C)c1C. The second-order valence-electron chi connectivity index (χ2n) is 7.22. The zero-order valence-corrected chi connectivity index (χ0v) is 17.4. The molecule has 1 aromatic carbocycles. The summed E-state index contributed by atoms with van der Waals surface area (Å²) in [5.41, 5.74) is 5.49. The minimum atomic E-state index is -0.0152. The monoisotopic (exact) mass is 371 g/mol. The van der Waals surface area contributed by atoms with E-state index in [-0.39, 0.29) is 11.9 Å². The van der Waals surface area contributed by atoms with Crippen LogP contribution in [0, 0.1) is 26.7 Å². The summed E-state index contributed by atoms with van der Waals surface area (Å²) in [6, 6.07) is 8.49. The lowest BCUT2D eigenvalue weighted by Crippen LogP contribution is -2.28. The van der Waals surface area contributed by atoms with E-state index in [1.54, 1.807) is 0 Å². The Morgan fingerprint density at radius 1 is 1.04 bits per heavy atom. The maximum atomic E-state index is 12.3. The van der Waals surface area contributed by atoms with Crippen LogP contribution in [0.1, 0.15) is 54.9 Å². The van der Waals surface area contributed by atoms with E-state index in [9.17, 15) is 4.79 Å². The normalized spacial score (nSPS) is 12.3. The second kappa shape index (κ2) is 9.17. The van der Waals surface area contributed by atoms with Gasteiger partial charge in [-0.1, -0.05) is 49.9 Å². The third-order valence-electron chi connectivity index (χ3n) is 4.45. The van der Waals surface area contributed by atoms with Crippen LogP contribution in [0.25, 0.3) is 0 Å². The smallest absolute Gasteiger partial charge is 0.230 e. The molecule has 1 amide bonds. The van der Waals surface area contributed by atoms with Crippen molar-refractivity contribution >= 4 is 17.7 Å². The zero-order valence-electron chi connectivity index (χ0n) is 16.6. The second-order valence-corrected chi connectivity index (χ2v) is 8.16. The molecule has 0 unspecified atom stereocenters. The molecule has 1 atom stereocenters. The van der Waals surface area contributed by atoms with E-state index in [0.717, 1.165) is 28.9 Å². The molecule has 5 heteroatoms. The number of carbonyl (C=O) groups excluding carboxylic acids is 1. The van der Waals surface area contributed by atoms with E-state index < -0.39 is 0 Å². The van der Waals surface area contributed by atoms with E-state index in [0.29, 0.717) is 16.8 Å². The molecule has 0 aliphatic rings. The molecule has 0 aliphatic carbocycles. The maximum absolute atomic E-state index is 12.3. The zero-order chi connectivity index (χ0) is 19.3. The molecule has 0 spiro atoms. The fourth-order valence-corrected chi connectivity index (χ4v) is 3.46. The lowest BCUT2D eigenvalue weighted by Gasteiger charge is -2.15. The molecule has 0 bridgehead atoms. The summed E-state index contributed by atoms with van der Waals surface area (Å²) in [6.07, 6.45) is 1.08. The van der Waals surface area contributed by atoms with Gasteiger partial charge in [0.2, 0.25) is 5.91 Å². The van der Waals surface area contributed by atoms with Gasteiger partial charge in [0, 0.05) is 11.4 Å².